The summed E-state index contributed by atoms with van der Waals surface area (Å²) in [6.45, 7) is 0. The largest absolute Gasteiger partial charge is 0.478 e. The zero-order valence-electron chi connectivity index (χ0n) is 6.92. The Bertz CT molecular complexity index is 426. The number of benzene rings is 1. The van der Waals surface area contributed by atoms with E-state index in [1.54, 1.807) is 6.07 Å². The molecular weight excluding hydrogens is 209 g/mol. The van der Waals surface area contributed by atoms with E-state index in [1.807, 2.05) is 0 Å². The van der Waals surface area contributed by atoms with Crippen LogP contribution in [0.1, 0.15) is 21.5 Å². The first-order valence-electron chi connectivity index (χ1n) is 3.62. The van der Waals surface area contributed by atoms with E-state index in [-0.39, 0.29) is 22.6 Å². The topological polar surface area (TPSA) is 61.1 Å². The van der Waals surface area contributed by atoms with Gasteiger partial charge in [0.25, 0.3) is 0 Å². The number of rotatable bonds is 2. The van der Waals surface area contributed by atoms with Gasteiger partial charge in [0.05, 0.1) is 11.1 Å². The molecule has 0 aliphatic rings. The first-order chi connectivity index (χ1) is 6.60. The second-order valence-electron chi connectivity index (χ2n) is 2.54. The van der Waals surface area contributed by atoms with Gasteiger partial charge in [-0.2, -0.15) is 5.26 Å². The highest BCUT2D eigenvalue weighted by Crippen LogP contribution is 2.18. The molecule has 14 heavy (non-hydrogen) atoms. The van der Waals surface area contributed by atoms with Crippen LogP contribution in [0.15, 0.2) is 12.1 Å². The molecule has 0 saturated heterocycles. The number of hydrogen-bond donors (Lipinski definition) is 1. The molecule has 0 heterocycles. The van der Waals surface area contributed by atoms with Crippen LogP contribution in [-0.4, -0.2) is 11.1 Å². The van der Waals surface area contributed by atoms with Crippen molar-refractivity contribution in [2.45, 2.75) is 5.88 Å². The number of nitriles is 1. The molecule has 0 amide bonds. The predicted molar refractivity (Wildman–Crippen MR) is 47.6 cm³/mol. The maximum absolute atomic E-state index is 12.9. The van der Waals surface area contributed by atoms with Crippen LogP contribution in [0.3, 0.4) is 0 Å². The molecule has 72 valence electrons. The SMILES string of the molecule is N#Cc1c(CCl)cc(F)cc1C(=O)O. The van der Waals surface area contributed by atoms with Gasteiger partial charge in [0.15, 0.2) is 0 Å². The number of nitrogens with zero attached hydrogens (tertiary/aromatic N) is 1. The third kappa shape index (κ3) is 1.83. The van der Waals surface area contributed by atoms with Crippen LogP contribution in [0.25, 0.3) is 0 Å². The summed E-state index contributed by atoms with van der Waals surface area (Å²) in [5.41, 5.74) is -0.261. The van der Waals surface area contributed by atoms with E-state index >= 15 is 0 Å². The molecule has 0 bridgehead atoms. The molecule has 0 aliphatic carbocycles. The van der Waals surface area contributed by atoms with Crippen molar-refractivity contribution in [1.82, 2.24) is 0 Å². The fraction of sp³-hybridized carbons (Fsp3) is 0.111. The minimum absolute atomic E-state index is 0.0890. The molecule has 1 aromatic carbocycles. The number of alkyl halides is 1. The van der Waals surface area contributed by atoms with Gasteiger partial charge in [0, 0.05) is 5.88 Å². The van der Waals surface area contributed by atoms with E-state index in [1.165, 1.54) is 0 Å². The van der Waals surface area contributed by atoms with Crippen molar-refractivity contribution in [1.29, 1.82) is 5.26 Å². The van der Waals surface area contributed by atoms with Crippen molar-refractivity contribution in [3.63, 3.8) is 0 Å². The van der Waals surface area contributed by atoms with Crippen LogP contribution < -0.4 is 0 Å². The van der Waals surface area contributed by atoms with Crippen molar-refractivity contribution in [3.8, 4) is 6.07 Å². The summed E-state index contributed by atoms with van der Waals surface area (Å²) in [5, 5.41) is 17.4. The summed E-state index contributed by atoms with van der Waals surface area (Å²) >= 11 is 5.45. The molecule has 0 aliphatic heterocycles. The lowest BCUT2D eigenvalue weighted by atomic mass is 10.0. The molecule has 0 spiro atoms. The molecule has 0 fully saturated rings. The van der Waals surface area contributed by atoms with Crippen LogP contribution in [0, 0.1) is 17.1 Å². The van der Waals surface area contributed by atoms with Crippen LogP contribution in [0.5, 0.6) is 0 Å². The van der Waals surface area contributed by atoms with Gasteiger partial charge in [-0.3, -0.25) is 0 Å². The Balaban J connectivity index is 3.49. The van der Waals surface area contributed by atoms with E-state index in [4.69, 9.17) is 22.0 Å². The number of hydrogen-bond acceptors (Lipinski definition) is 2. The van der Waals surface area contributed by atoms with Crippen molar-refractivity contribution in [3.05, 3.63) is 34.6 Å². The van der Waals surface area contributed by atoms with Gasteiger partial charge in [0.2, 0.25) is 0 Å². The van der Waals surface area contributed by atoms with Crippen molar-refractivity contribution in [2.75, 3.05) is 0 Å². The second kappa shape index (κ2) is 4.07. The van der Waals surface area contributed by atoms with E-state index in [2.05, 4.69) is 0 Å². The number of halogens is 2. The number of carbonyl (C=O) groups is 1. The van der Waals surface area contributed by atoms with Gasteiger partial charge >= 0.3 is 5.97 Å². The molecule has 3 nitrogen and oxygen atoms in total. The standard InChI is InChI=1S/C9H5ClFNO2/c10-3-5-1-6(11)2-7(9(13)14)8(5)4-12/h1-2H,3H2,(H,13,14). The number of carboxylic acid groups (broad SMARTS) is 1. The zero-order chi connectivity index (χ0) is 10.7. The van der Waals surface area contributed by atoms with Crippen LogP contribution in [0.4, 0.5) is 4.39 Å². The first kappa shape index (κ1) is 10.5. The summed E-state index contributed by atoms with van der Waals surface area (Å²) in [6.07, 6.45) is 0. The Morgan fingerprint density at radius 1 is 1.64 bits per heavy atom. The van der Waals surface area contributed by atoms with Gasteiger partial charge in [-0.05, 0) is 17.7 Å². The third-order valence-electron chi connectivity index (χ3n) is 1.67. The molecule has 0 radical (unpaired) electrons. The lowest BCUT2D eigenvalue weighted by molar-refractivity contribution is 0.0696. The van der Waals surface area contributed by atoms with Crippen molar-refractivity contribution in [2.24, 2.45) is 0 Å². The van der Waals surface area contributed by atoms with E-state index in [0.29, 0.717) is 0 Å². The smallest absolute Gasteiger partial charge is 0.337 e. The molecule has 1 N–H and O–H groups in total. The highest BCUT2D eigenvalue weighted by atomic mass is 35.5. The van der Waals surface area contributed by atoms with Crippen LogP contribution in [0.2, 0.25) is 0 Å². The minimum Gasteiger partial charge on any atom is -0.478 e. The average molecular weight is 214 g/mol. The molecule has 5 heteroatoms. The van der Waals surface area contributed by atoms with Gasteiger partial charge in [-0.15, -0.1) is 11.6 Å². The Kier molecular flexibility index (Phi) is 3.05. The highest BCUT2D eigenvalue weighted by molar-refractivity contribution is 6.17. The maximum Gasteiger partial charge on any atom is 0.337 e. The fourth-order valence-corrected chi connectivity index (χ4v) is 1.28. The zero-order valence-corrected chi connectivity index (χ0v) is 7.68. The van der Waals surface area contributed by atoms with Gasteiger partial charge < -0.3 is 5.11 Å². The third-order valence-corrected chi connectivity index (χ3v) is 1.96. The second-order valence-corrected chi connectivity index (χ2v) is 2.81. The van der Waals surface area contributed by atoms with Crippen LogP contribution in [-0.2, 0) is 5.88 Å². The van der Waals surface area contributed by atoms with Gasteiger partial charge in [0.1, 0.15) is 11.9 Å². The maximum atomic E-state index is 12.9. The van der Waals surface area contributed by atoms with E-state index < -0.39 is 11.8 Å². The summed E-state index contributed by atoms with van der Waals surface area (Å²) in [6, 6.07) is 3.55. The van der Waals surface area contributed by atoms with Gasteiger partial charge in [-0.1, -0.05) is 0 Å². The summed E-state index contributed by atoms with van der Waals surface area (Å²) in [4.78, 5) is 10.6. The first-order valence-corrected chi connectivity index (χ1v) is 4.15. The molecule has 1 aromatic rings. The summed E-state index contributed by atoms with van der Waals surface area (Å²) in [7, 11) is 0. The Morgan fingerprint density at radius 3 is 2.71 bits per heavy atom. The minimum atomic E-state index is -1.34. The molecular formula is C9H5ClFNO2. The highest BCUT2D eigenvalue weighted by Gasteiger charge is 2.15. The molecule has 0 saturated carbocycles. The van der Waals surface area contributed by atoms with E-state index in [0.717, 1.165) is 12.1 Å². The molecule has 0 atom stereocenters. The lowest BCUT2D eigenvalue weighted by Gasteiger charge is -2.03. The number of carboxylic acids is 1. The normalized spacial score (nSPS) is 9.50. The molecule has 0 unspecified atom stereocenters. The summed E-state index contributed by atoms with van der Waals surface area (Å²) in [5.74, 6) is -2.15. The predicted octanol–water partition coefficient (Wildman–Crippen LogP) is 2.13. The Morgan fingerprint density at radius 2 is 2.29 bits per heavy atom. The molecule has 0 aromatic heterocycles. The average Bonchev–Trinajstić information content (AvgIpc) is 2.16. The number of aromatic carboxylic acids is 1. The van der Waals surface area contributed by atoms with Crippen molar-refractivity contribution < 1.29 is 14.3 Å². The van der Waals surface area contributed by atoms with Gasteiger partial charge in [-0.25, -0.2) is 9.18 Å². The quantitative estimate of drug-likeness (QED) is 0.766. The van der Waals surface area contributed by atoms with E-state index in [9.17, 15) is 9.18 Å². The molecule has 1 rings (SSSR count). The lowest BCUT2D eigenvalue weighted by Crippen LogP contribution is -2.04. The monoisotopic (exact) mass is 213 g/mol. The van der Waals surface area contributed by atoms with Crippen molar-refractivity contribution >= 4 is 17.6 Å². The summed E-state index contributed by atoms with van der Waals surface area (Å²) < 4.78 is 12.9. The Hall–Kier alpha value is -1.60. The van der Waals surface area contributed by atoms with Crippen LogP contribution >= 0.6 is 11.6 Å². The fourth-order valence-electron chi connectivity index (χ4n) is 1.07. The Labute approximate surface area is 84.3 Å².